The summed E-state index contributed by atoms with van der Waals surface area (Å²) in [6.45, 7) is 3.22. The zero-order valence-corrected chi connectivity index (χ0v) is 10.7. The van der Waals surface area contributed by atoms with E-state index in [0.29, 0.717) is 0 Å². The van der Waals surface area contributed by atoms with Crippen molar-refractivity contribution in [2.75, 3.05) is 17.2 Å². The third-order valence-electron chi connectivity index (χ3n) is 3.63. The van der Waals surface area contributed by atoms with Crippen LogP contribution in [-0.4, -0.2) is 6.54 Å². The molecule has 0 amide bonds. The van der Waals surface area contributed by atoms with E-state index in [1.165, 1.54) is 35.3 Å². The number of hydrogen-bond acceptors (Lipinski definition) is 2. The number of hydrogen-bond donors (Lipinski definition) is 1. The van der Waals surface area contributed by atoms with Gasteiger partial charge in [0.25, 0.3) is 0 Å². The van der Waals surface area contributed by atoms with Gasteiger partial charge in [0.05, 0.1) is 0 Å². The Bertz CT molecular complexity index is 575. The second kappa shape index (κ2) is 4.37. The third kappa shape index (κ3) is 1.84. The van der Waals surface area contributed by atoms with E-state index in [0.717, 1.165) is 12.2 Å². The Labute approximate surface area is 108 Å². The predicted octanol–water partition coefficient (Wildman–Crippen LogP) is 3.66. The number of rotatable bonds is 1. The summed E-state index contributed by atoms with van der Waals surface area (Å²) < 4.78 is 0. The van der Waals surface area contributed by atoms with Crippen LogP contribution in [0, 0.1) is 6.92 Å². The molecule has 0 bridgehead atoms. The maximum absolute atomic E-state index is 5.93. The lowest BCUT2D eigenvalue weighted by molar-refractivity contribution is 0.765. The average Bonchev–Trinajstić information content (AvgIpc) is 2.41. The van der Waals surface area contributed by atoms with Crippen molar-refractivity contribution in [1.29, 1.82) is 0 Å². The summed E-state index contributed by atoms with van der Waals surface area (Å²) in [4.78, 5) is 2.39. The number of nitrogen functional groups attached to an aromatic ring is 1. The van der Waals surface area contributed by atoms with E-state index in [9.17, 15) is 0 Å². The molecule has 0 atom stereocenters. The van der Waals surface area contributed by atoms with Crippen LogP contribution < -0.4 is 10.6 Å². The highest BCUT2D eigenvalue weighted by atomic mass is 15.1. The lowest BCUT2D eigenvalue weighted by Crippen LogP contribution is -2.25. The number of nitrogens with two attached hydrogens (primary N) is 1. The zero-order chi connectivity index (χ0) is 12.5. The molecule has 3 rings (SSSR count). The van der Waals surface area contributed by atoms with Crippen molar-refractivity contribution in [3.8, 4) is 0 Å². The van der Waals surface area contributed by atoms with Crippen molar-refractivity contribution in [2.24, 2.45) is 0 Å². The Morgan fingerprint density at radius 2 is 1.89 bits per heavy atom. The first-order chi connectivity index (χ1) is 8.75. The molecule has 18 heavy (non-hydrogen) atoms. The Hall–Kier alpha value is -1.96. The normalized spacial score (nSPS) is 14.4. The molecule has 0 aliphatic carbocycles. The summed E-state index contributed by atoms with van der Waals surface area (Å²) in [6, 6.07) is 14.8. The molecular weight excluding hydrogens is 220 g/mol. The second-order valence-corrected chi connectivity index (χ2v) is 4.93. The van der Waals surface area contributed by atoms with Crippen LogP contribution in [0.2, 0.25) is 0 Å². The molecule has 2 nitrogen and oxygen atoms in total. The van der Waals surface area contributed by atoms with E-state index < -0.39 is 0 Å². The van der Waals surface area contributed by atoms with Crippen LogP contribution in [0.4, 0.5) is 17.1 Å². The zero-order valence-electron chi connectivity index (χ0n) is 10.7. The molecule has 2 aromatic carbocycles. The van der Waals surface area contributed by atoms with Gasteiger partial charge in [0.2, 0.25) is 0 Å². The lowest BCUT2D eigenvalue weighted by atomic mass is 10.00. The molecule has 1 aliphatic rings. The minimum Gasteiger partial charge on any atom is -0.399 e. The molecule has 1 heterocycles. The third-order valence-corrected chi connectivity index (χ3v) is 3.63. The minimum atomic E-state index is 0.832. The molecule has 0 fully saturated rings. The van der Waals surface area contributed by atoms with Gasteiger partial charge in [-0.2, -0.15) is 0 Å². The standard InChI is InChI=1S/C16H18N2/c1-12-8-9-14(17)11-16(12)18-10-4-6-13-5-2-3-7-15(13)18/h2-3,5,7-9,11H,4,6,10,17H2,1H3. The van der Waals surface area contributed by atoms with Gasteiger partial charge in [0, 0.05) is 23.6 Å². The fourth-order valence-electron chi connectivity index (χ4n) is 2.70. The SMILES string of the molecule is Cc1ccc(N)cc1N1CCCc2ccccc21. The summed E-state index contributed by atoms with van der Waals surface area (Å²) in [5.74, 6) is 0. The first-order valence-electron chi connectivity index (χ1n) is 6.47. The molecule has 2 N–H and O–H groups in total. The summed E-state index contributed by atoms with van der Waals surface area (Å²) in [5.41, 5.74) is 12.0. The lowest BCUT2D eigenvalue weighted by Gasteiger charge is -2.32. The minimum absolute atomic E-state index is 0.832. The van der Waals surface area contributed by atoms with Gasteiger partial charge in [0.15, 0.2) is 0 Å². The van der Waals surface area contributed by atoms with Crippen molar-refractivity contribution < 1.29 is 0 Å². The number of anilines is 3. The van der Waals surface area contributed by atoms with Crippen molar-refractivity contribution >= 4 is 17.1 Å². The van der Waals surface area contributed by atoms with Gasteiger partial charge in [-0.05, 0) is 49.1 Å². The van der Waals surface area contributed by atoms with E-state index in [1.807, 2.05) is 6.07 Å². The largest absolute Gasteiger partial charge is 0.399 e. The number of nitrogens with zero attached hydrogens (tertiary/aromatic N) is 1. The first kappa shape index (κ1) is 11.1. The van der Waals surface area contributed by atoms with Gasteiger partial charge < -0.3 is 10.6 Å². The van der Waals surface area contributed by atoms with E-state index in [1.54, 1.807) is 0 Å². The molecule has 0 spiro atoms. The molecule has 0 aromatic heterocycles. The van der Waals surface area contributed by atoms with Gasteiger partial charge in [-0.3, -0.25) is 0 Å². The highest BCUT2D eigenvalue weighted by Gasteiger charge is 2.18. The summed E-state index contributed by atoms with van der Waals surface area (Å²) in [7, 11) is 0. The van der Waals surface area contributed by atoms with Crippen LogP contribution in [0.5, 0.6) is 0 Å². The van der Waals surface area contributed by atoms with E-state index in [4.69, 9.17) is 5.73 Å². The maximum Gasteiger partial charge on any atom is 0.0461 e. The van der Waals surface area contributed by atoms with Gasteiger partial charge in [-0.15, -0.1) is 0 Å². The van der Waals surface area contributed by atoms with Gasteiger partial charge in [0.1, 0.15) is 0 Å². The van der Waals surface area contributed by atoms with Crippen LogP contribution in [0.3, 0.4) is 0 Å². The van der Waals surface area contributed by atoms with Crippen LogP contribution in [0.1, 0.15) is 17.5 Å². The van der Waals surface area contributed by atoms with Crippen LogP contribution in [-0.2, 0) is 6.42 Å². The molecule has 0 saturated heterocycles. The quantitative estimate of drug-likeness (QED) is 0.768. The van der Waals surface area contributed by atoms with E-state index >= 15 is 0 Å². The maximum atomic E-state index is 5.93. The Morgan fingerprint density at radius 1 is 1.06 bits per heavy atom. The topological polar surface area (TPSA) is 29.3 Å². The van der Waals surface area contributed by atoms with Crippen LogP contribution >= 0.6 is 0 Å². The van der Waals surface area contributed by atoms with Gasteiger partial charge in [-0.1, -0.05) is 24.3 Å². The summed E-state index contributed by atoms with van der Waals surface area (Å²) in [5, 5.41) is 0. The molecule has 2 heteroatoms. The Kier molecular flexibility index (Phi) is 2.71. The molecule has 0 saturated carbocycles. The smallest absolute Gasteiger partial charge is 0.0461 e. The van der Waals surface area contributed by atoms with Crippen molar-refractivity contribution in [3.63, 3.8) is 0 Å². The monoisotopic (exact) mass is 238 g/mol. The predicted molar refractivity (Wildman–Crippen MR) is 77.4 cm³/mol. The fourth-order valence-corrected chi connectivity index (χ4v) is 2.70. The molecule has 2 aromatic rings. The van der Waals surface area contributed by atoms with Crippen molar-refractivity contribution in [3.05, 3.63) is 53.6 Å². The highest BCUT2D eigenvalue weighted by molar-refractivity contribution is 5.72. The van der Waals surface area contributed by atoms with Crippen molar-refractivity contribution in [1.82, 2.24) is 0 Å². The van der Waals surface area contributed by atoms with Crippen LogP contribution in [0.15, 0.2) is 42.5 Å². The second-order valence-electron chi connectivity index (χ2n) is 4.93. The number of para-hydroxylation sites is 1. The molecule has 0 unspecified atom stereocenters. The van der Waals surface area contributed by atoms with E-state index in [2.05, 4.69) is 48.2 Å². The first-order valence-corrected chi connectivity index (χ1v) is 6.47. The fraction of sp³-hybridized carbons (Fsp3) is 0.250. The van der Waals surface area contributed by atoms with Crippen molar-refractivity contribution in [2.45, 2.75) is 19.8 Å². The van der Waals surface area contributed by atoms with Gasteiger partial charge >= 0.3 is 0 Å². The summed E-state index contributed by atoms with van der Waals surface area (Å²) in [6.07, 6.45) is 2.37. The summed E-state index contributed by atoms with van der Waals surface area (Å²) >= 11 is 0. The average molecular weight is 238 g/mol. The number of fused-ring (bicyclic) bond motifs is 1. The van der Waals surface area contributed by atoms with Crippen LogP contribution in [0.25, 0.3) is 0 Å². The molecule has 0 radical (unpaired) electrons. The molecule has 92 valence electrons. The Balaban J connectivity index is 2.11. The number of aryl methyl sites for hydroxylation is 2. The Morgan fingerprint density at radius 3 is 2.78 bits per heavy atom. The molecule has 1 aliphatic heterocycles. The van der Waals surface area contributed by atoms with E-state index in [-0.39, 0.29) is 0 Å². The number of benzene rings is 2. The highest BCUT2D eigenvalue weighted by Crippen LogP contribution is 2.35. The molecular formula is C16H18N2. The van der Waals surface area contributed by atoms with Gasteiger partial charge in [-0.25, -0.2) is 0 Å².